The van der Waals surface area contributed by atoms with E-state index in [1.54, 1.807) is 0 Å². The Labute approximate surface area is 112 Å². The molecule has 0 aliphatic carbocycles. The minimum atomic E-state index is 0.530. The molecule has 0 aliphatic rings. The van der Waals surface area contributed by atoms with E-state index in [9.17, 15) is 0 Å². The first-order chi connectivity index (χ1) is 8.16. The van der Waals surface area contributed by atoms with Gasteiger partial charge in [-0.2, -0.15) is 0 Å². The standard InChI is InChI=1S/C15H18BrN/c1-12(16)10-17(2)11-14-8-5-7-13-6-3-4-9-15(13)14/h3-9,12H,10-11H2,1-2H3. The highest BCUT2D eigenvalue weighted by atomic mass is 79.9. The molecule has 0 fully saturated rings. The van der Waals surface area contributed by atoms with Crippen molar-refractivity contribution in [2.75, 3.05) is 13.6 Å². The fourth-order valence-electron chi connectivity index (χ4n) is 2.22. The molecule has 2 aromatic carbocycles. The maximum atomic E-state index is 3.60. The summed E-state index contributed by atoms with van der Waals surface area (Å²) in [5.41, 5.74) is 1.40. The van der Waals surface area contributed by atoms with Gasteiger partial charge in [0.05, 0.1) is 0 Å². The Morgan fingerprint density at radius 1 is 1.12 bits per heavy atom. The van der Waals surface area contributed by atoms with Crippen LogP contribution >= 0.6 is 15.9 Å². The zero-order valence-electron chi connectivity index (χ0n) is 10.4. The third-order valence-corrected chi connectivity index (χ3v) is 3.17. The quantitative estimate of drug-likeness (QED) is 0.768. The van der Waals surface area contributed by atoms with Gasteiger partial charge in [-0.3, -0.25) is 0 Å². The van der Waals surface area contributed by atoms with Gasteiger partial charge in [0.1, 0.15) is 0 Å². The van der Waals surface area contributed by atoms with Gasteiger partial charge in [0, 0.05) is 17.9 Å². The van der Waals surface area contributed by atoms with Gasteiger partial charge in [-0.05, 0) is 23.4 Å². The number of hydrogen-bond acceptors (Lipinski definition) is 1. The van der Waals surface area contributed by atoms with Crippen LogP contribution in [0.25, 0.3) is 10.8 Å². The molecule has 0 radical (unpaired) electrons. The summed E-state index contributed by atoms with van der Waals surface area (Å²) in [6.07, 6.45) is 0. The summed E-state index contributed by atoms with van der Waals surface area (Å²) in [4.78, 5) is 2.88. The van der Waals surface area contributed by atoms with Crippen molar-refractivity contribution >= 4 is 26.7 Å². The zero-order chi connectivity index (χ0) is 12.3. The van der Waals surface area contributed by atoms with Gasteiger partial charge < -0.3 is 4.90 Å². The molecule has 2 heteroatoms. The average Bonchev–Trinajstić information content (AvgIpc) is 2.28. The zero-order valence-corrected chi connectivity index (χ0v) is 11.9. The van der Waals surface area contributed by atoms with Crippen LogP contribution in [0.4, 0.5) is 0 Å². The van der Waals surface area contributed by atoms with Gasteiger partial charge >= 0.3 is 0 Å². The van der Waals surface area contributed by atoms with E-state index in [4.69, 9.17) is 0 Å². The first kappa shape index (κ1) is 12.6. The van der Waals surface area contributed by atoms with Crippen LogP contribution < -0.4 is 0 Å². The average molecular weight is 292 g/mol. The third-order valence-electron chi connectivity index (χ3n) is 2.88. The second-order valence-corrected chi connectivity index (χ2v) is 6.18. The summed E-state index contributed by atoms with van der Waals surface area (Å²) in [7, 11) is 2.17. The lowest BCUT2D eigenvalue weighted by atomic mass is 10.0. The molecule has 0 amide bonds. The summed E-state index contributed by atoms with van der Waals surface area (Å²) in [6, 6.07) is 15.1. The lowest BCUT2D eigenvalue weighted by Crippen LogP contribution is -2.24. The molecule has 0 heterocycles. The van der Waals surface area contributed by atoms with Crippen molar-refractivity contribution in [1.29, 1.82) is 0 Å². The second kappa shape index (κ2) is 5.65. The highest BCUT2D eigenvalue weighted by Gasteiger charge is 2.06. The molecule has 0 saturated carbocycles. The van der Waals surface area contributed by atoms with E-state index in [0.29, 0.717) is 4.83 Å². The summed E-state index contributed by atoms with van der Waals surface area (Å²) >= 11 is 3.60. The lowest BCUT2D eigenvalue weighted by molar-refractivity contribution is 0.334. The molecule has 0 bridgehead atoms. The van der Waals surface area contributed by atoms with Crippen molar-refractivity contribution < 1.29 is 0 Å². The normalized spacial score (nSPS) is 13.2. The smallest absolute Gasteiger partial charge is 0.0244 e. The van der Waals surface area contributed by atoms with Crippen LogP contribution in [0.1, 0.15) is 12.5 Å². The Kier molecular flexibility index (Phi) is 4.19. The van der Waals surface area contributed by atoms with Gasteiger partial charge in [0.2, 0.25) is 0 Å². The maximum absolute atomic E-state index is 3.60. The Bertz CT molecular complexity index is 488. The van der Waals surface area contributed by atoms with E-state index in [2.05, 4.69) is 77.3 Å². The van der Waals surface area contributed by atoms with Crippen LogP contribution in [0.3, 0.4) is 0 Å². The van der Waals surface area contributed by atoms with Crippen LogP contribution in [-0.2, 0) is 6.54 Å². The molecule has 0 N–H and O–H groups in total. The van der Waals surface area contributed by atoms with Gasteiger partial charge in [0.25, 0.3) is 0 Å². The van der Waals surface area contributed by atoms with Gasteiger partial charge in [-0.1, -0.05) is 65.3 Å². The number of fused-ring (bicyclic) bond motifs is 1. The molecule has 0 aliphatic heterocycles. The van der Waals surface area contributed by atoms with Crippen molar-refractivity contribution in [2.45, 2.75) is 18.3 Å². The first-order valence-electron chi connectivity index (χ1n) is 5.96. The highest BCUT2D eigenvalue weighted by molar-refractivity contribution is 9.09. The van der Waals surface area contributed by atoms with Gasteiger partial charge in [0.15, 0.2) is 0 Å². The van der Waals surface area contributed by atoms with Crippen LogP contribution in [0.15, 0.2) is 42.5 Å². The predicted molar refractivity (Wildman–Crippen MR) is 78.7 cm³/mol. The van der Waals surface area contributed by atoms with Crippen molar-refractivity contribution in [3.8, 4) is 0 Å². The third kappa shape index (κ3) is 3.30. The van der Waals surface area contributed by atoms with Gasteiger partial charge in [-0.25, -0.2) is 0 Å². The number of nitrogens with zero attached hydrogens (tertiary/aromatic N) is 1. The number of benzene rings is 2. The molecule has 2 rings (SSSR count). The molecule has 2 aromatic rings. The van der Waals surface area contributed by atoms with Crippen LogP contribution in [0, 0.1) is 0 Å². The van der Waals surface area contributed by atoms with Crippen molar-refractivity contribution in [3.05, 3.63) is 48.0 Å². The molecule has 0 spiro atoms. The number of halogens is 1. The Balaban J connectivity index is 2.24. The molecule has 0 saturated heterocycles. The maximum Gasteiger partial charge on any atom is 0.0244 e. The molecular weight excluding hydrogens is 274 g/mol. The Hall–Kier alpha value is -0.860. The van der Waals surface area contributed by atoms with E-state index >= 15 is 0 Å². The Morgan fingerprint density at radius 2 is 1.82 bits per heavy atom. The van der Waals surface area contributed by atoms with E-state index in [-0.39, 0.29) is 0 Å². The topological polar surface area (TPSA) is 3.24 Å². The second-order valence-electron chi connectivity index (χ2n) is 4.62. The van der Waals surface area contributed by atoms with Crippen LogP contribution in [0.2, 0.25) is 0 Å². The monoisotopic (exact) mass is 291 g/mol. The minimum absolute atomic E-state index is 0.530. The minimum Gasteiger partial charge on any atom is -0.301 e. The number of hydrogen-bond donors (Lipinski definition) is 0. The predicted octanol–water partition coefficient (Wildman–Crippen LogP) is 4.06. The van der Waals surface area contributed by atoms with E-state index < -0.39 is 0 Å². The highest BCUT2D eigenvalue weighted by Crippen LogP contribution is 2.19. The molecule has 1 unspecified atom stereocenters. The van der Waals surface area contributed by atoms with Crippen molar-refractivity contribution in [3.63, 3.8) is 0 Å². The van der Waals surface area contributed by atoms with E-state index in [1.807, 2.05) is 0 Å². The largest absolute Gasteiger partial charge is 0.301 e. The summed E-state index contributed by atoms with van der Waals surface area (Å²) in [6.45, 7) is 4.24. The summed E-state index contributed by atoms with van der Waals surface area (Å²) in [5.74, 6) is 0. The van der Waals surface area contributed by atoms with E-state index in [0.717, 1.165) is 13.1 Å². The number of alkyl halides is 1. The van der Waals surface area contributed by atoms with Gasteiger partial charge in [-0.15, -0.1) is 0 Å². The molecule has 1 atom stereocenters. The van der Waals surface area contributed by atoms with Crippen molar-refractivity contribution in [2.24, 2.45) is 0 Å². The lowest BCUT2D eigenvalue weighted by Gasteiger charge is -2.19. The molecule has 1 nitrogen and oxygen atoms in total. The Morgan fingerprint density at radius 3 is 2.59 bits per heavy atom. The van der Waals surface area contributed by atoms with Crippen molar-refractivity contribution in [1.82, 2.24) is 4.90 Å². The molecule has 0 aromatic heterocycles. The molecule has 17 heavy (non-hydrogen) atoms. The summed E-state index contributed by atoms with van der Waals surface area (Å²) < 4.78 is 0. The SMILES string of the molecule is CC(Br)CN(C)Cc1cccc2ccccc12. The fraction of sp³-hybridized carbons (Fsp3) is 0.333. The first-order valence-corrected chi connectivity index (χ1v) is 6.87. The molecular formula is C15H18BrN. The van der Waals surface area contributed by atoms with Crippen LogP contribution in [-0.4, -0.2) is 23.3 Å². The van der Waals surface area contributed by atoms with Crippen LogP contribution in [0.5, 0.6) is 0 Å². The number of rotatable bonds is 4. The van der Waals surface area contributed by atoms with E-state index in [1.165, 1.54) is 16.3 Å². The summed E-state index contributed by atoms with van der Waals surface area (Å²) in [5, 5.41) is 2.69. The molecule has 90 valence electrons. The fourth-order valence-corrected chi connectivity index (χ4v) is 2.71.